The van der Waals surface area contributed by atoms with Gasteiger partial charge in [0.05, 0.1) is 18.3 Å². The third-order valence-electron chi connectivity index (χ3n) is 4.59. The number of hydrogen-bond donors (Lipinski definition) is 0. The van der Waals surface area contributed by atoms with Gasteiger partial charge in [-0.15, -0.1) is 11.3 Å². The molecule has 122 valence electrons. The van der Waals surface area contributed by atoms with Crippen molar-refractivity contribution in [3.05, 3.63) is 75.7 Å². The standard InChI is InChI=1S/C19H19N3OS/c1-21-12-16(11-20-21)19(23)22(13-18-7-4-8-24-18)17-9-14-5-2-3-6-15(14)10-17/h2-8,11-12,17H,9-10,13H2,1H3. The molecule has 24 heavy (non-hydrogen) atoms. The zero-order valence-corrected chi connectivity index (χ0v) is 14.4. The van der Waals surface area contributed by atoms with E-state index in [9.17, 15) is 4.79 Å². The maximum Gasteiger partial charge on any atom is 0.257 e. The number of carbonyl (C=O) groups is 1. The smallest absolute Gasteiger partial charge is 0.257 e. The van der Waals surface area contributed by atoms with Crippen LogP contribution in [-0.4, -0.2) is 26.6 Å². The minimum absolute atomic E-state index is 0.0642. The van der Waals surface area contributed by atoms with Crippen molar-refractivity contribution in [2.45, 2.75) is 25.4 Å². The zero-order chi connectivity index (χ0) is 16.5. The van der Waals surface area contributed by atoms with Gasteiger partial charge < -0.3 is 4.90 Å². The number of benzene rings is 1. The van der Waals surface area contributed by atoms with Crippen molar-refractivity contribution >= 4 is 17.2 Å². The monoisotopic (exact) mass is 337 g/mol. The van der Waals surface area contributed by atoms with Crippen molar-refractivity contribution < 1.29 is 4.79 Å². The maximum absolute atomic E-state index is 13.1. The molecule has 4 nitrogen and oxygen atoms in total. The first kappa shape index (κ1) is 15.1. The summed E-state index contributed by atoms with van der Waals surface area (Å²) < 4.78 is 1.68. The van der Waals surface area contributed by atoms with Gasteiger partial charge in [-0.05, 0) is 35.4 Å². The Kier molecular flexibility index (Phi) is 3.94. The molecule has 4 rings (SSSR count). The summed E-state index contributed by atoms with van der Waals surface area (Å²) in [5, 5.41) is 6.22. The topological polar surface area (TPSA) is 38.1 Å². The van der Waals surface area contributed by atoms with Gasteiger partial charge in [-0.3, -0.25) is 9.48 Å². The molecular weight excluding hydrogens is 318 g/mol. The van der Waals surface area contributed by atoms with Gasteiger partial charge in [0.2, 0.25) is 0 Å². The zero-order valence-electron chi connectivity index (χ0n) is 13.6. The largest absolute Gasteiger partial charge is 0.330 e. The van der Waals surface area contributed by atoms with E-state index >= 15 is 0 Å². The normalized spacial score (nSPS) is 13.9. The lowest BCUT2D eigenvalue weighted by Crippen LogP contribution is -2.40. The van der Waals surface area contributed by atoms with E-state index in [2.05, 4.69) is 40.8 Å². The number of rotatable bonds is 4. The summed E-state index contributed by atoms with van der Waals surface area (Å²) >= 11 is 1.70. The molecule has 1 aliphatic carbocycles. The van der Waals surface area contributed by atoms with Crippen LogP contribution in [0.3, 0.4) is 0 Å². The Morgan fingerprint density at radius 2 is 2.00 bits per heavy atom. The first-order chi connectivity index (χ1) is 11.7. The lowest BCUT2D eigenvalue weighted by atomic mass is 10.1. The summed E-state index contributed by atoms with van der Waals surface area (Å²) in [4.78, 5) is 16.3. The quantitative estimate of drug-likeness (QED) is 0.733. The molecule has 2 aromatic heterocycles. The Morgan fingerprint density at radius 3 is 2.58 bits per heavy atom. The molecule has 1 amide bonds. The highest BCUT2D eigenvalue weighted by molar-refractivity contribution is 7.09. The molecule has 3 aromatic rings. The number of carbonyl (C=O) groups excluding carboxylic acids is 1. The van der Waals surface area contributed by atoms with Crippen LogP contribution in [0.15, 0.2) is 54.2 Å². The van der Waals surface area contributed by atoms with E-state index in [1.54, 1.807) is 28.4 Å². The van der Waals surface area contributed by atoms with Crippen molar-refractivity contribution in [1.29, 1.82) is 0 Å². The van der Waals surface area contributed by atoms with Gasteiger partial charge in [0.15, 0.2) is 0 Å². The molecule has 1 aromatic carbocycles. The number of aryl methyl sites for hydroxylation is 1. The highest BCUT2D eigenvalue weighted by atomic mass is 32.1. The van der Waals surface area contributed by atoms with Gasteiger partial charge >= 0.3 is 0 Å². The third-order valence-corrected chi connectivity index (χ3v) is 5.45. The molecule has 0 atom stereocenters. The van der Waals surface area contributed by atoms with E-state index in [1.807, 2.05) is 18.0 Å². The molecule has 0 spiro atoms. The predicted molar refractivity (Wildman–Crippen MR) is 95.0 cm³/mol. The Bertz CT molecular complexity index is 828. The van der Waals surface area contributed by atoms with Crippen LogP contribution in [0.25, 0.3) is 0 Å². The Labute approximate surface area is 145 Å². The lowest BCUT2D eigenvalue weighted by Gasteiger charge is -2.28. The second kappa shape index (κ2) is 6.24. The Morgan fingerprint density at radius 1 is 1.25 bits per heavy atom. The van der Waals surface area contributed by atoms with E-state index < -0.39 is 0 Å². The number of thiophene rings is 1. The second-order valence-electron chi connectivity index (χ2n) is 6.25. The molecule has 0 radical (unpaired) electrons. The van der Waals surface area contributed by atoms with Crippen molar-refractivity contribution in [2.24, 2.45) is 7.05 Å². The van der Waals surface area contributed by atoms with Crippen LogP contribution in [-0.2, 0) is 26.4 Å². The highest BCUT2D eigenvalue weighted by Gasteiger charge is 2.31. The molecule has 0 N–H and O–H groups in total. The van der Waals surface area contributed by atoms with Crippen molar-refractivity contribution in [2.75, 3.05) is 0 Å². The molecule has 0 bridgehead atoms. The number of aromatic nitrogens is 2. The van der Waals surface area contributed by atoms with Crippen LogP contribution in [0.4, 0.5) is 0 Å². The van der Waals surface area contributed by atoms with Gasteiger partial charge in [0, 0.05) is 24.2 Å². The predicted octanol–water partition coefficient (Wildman–Crippen LogP) is 3.29. The number of amides is 1. The van der Waals surface area contributed by atoms with Gasteiger partial charge in [-0.2, -0.15) is 5.10 Å². The SMILES string of the molecule is Cn1cc(C(=O)N(Cc2cccs2)C2Cc3ccccc3C2)cn1. The van der Waals surface area contributed by atoms with Gasteiger partial charge in [-0.1, -0.05) is 30.3 Å². The third kappa shape index (κ3) is 2.87. The van der Waals surface area contributed by atoms with Gasteiger partial charge in [0.25, 0.3) is 5.91 Å². The summed E-state index contributed by atoms with van der Waals surface area (Å²) in [5.74, 6) is 0.0642. The van der Waals surface area contributed by atoms with E-state index in [1.165, 1.54) is 16.0 Å². The maximum atomic E-state index is 13.1. The molecule has 0 saturated heterocycles. The Balaban J connectivity index is 1.62. The van der Waals surface area contributed by atoms with Crippen LogP contribution < -0.4 is 0 Å². The van der Waals surface area contributed by atoms with Crippen molar-refractivity contribution in [3.8, 4) is 0 Å². The van der Waals surface area contributed by atoms with Crippen LogP contribution in [0.2, 0.25) is 0 Å². The van der Waals surface area contributed by atoms with Crippen LogP contribution in [0, 0.1) is 0 Å². The fourth-order valence-electron chi connectivity index (χ4n) is 3.39. The minimum Gasteiger partial charge on any atom is -0.330 e. The summed E-state index contributed by atoms with van der Waals surface area (Å²) in [6.07, 6.45) is 5.30. The van der Waals surface area contributed by atoms with Crippen LogP contribution in [0.5, 0.6) is 0 Å². The fraction of sp³-hybridized carbons (Fsp3) is 0.263. The number of nitrogens with zero attached hydrogens (tertiary/aromatic N) is 3. The molecule has 0 unspecified atom stereocenters. The molecule has 2 heterocycles. The molecule has 0 saturated carbocycles. The van der Waals surface area contributed by atoms with Gasteiger partial charge in [0.1, 0.15) is 0 Å². The van der Waals surface area contributed by atoms with Crippen molar-refractivity contribution in [1.82, 2.24) is 14.7 Å². The average molecular weight is 337 g/mol. The first-order valence-electron chi connectivity index (χ1n) is 8.09. The van der Waals surface area contributed by atoms with Crippen LogP contribution >= 0.6 is 11.3 Å². The summed E-state index contributed by atoms with van der Waals surface area (Å²) in [7, 11) is 1.84. The molecule has 1 aliphatic rings. The second-order valence-corrected chi connectivity index (χ2v) is 7.28. The first-order valence-corrected chi connectivity index (χ1v) is 8.97. The van der Waals surface area contributed by atoms with Crippen LogP contribution in [0.1, 0.15) is 26.4 Å². The lowest BCUT2D eigenvalue weighted by molar-refractivity contribution is 0.0670. The summed E-state index contributed by atoms with van der Waals surface area (Å²) in [6, 6.07) is 12.8. The molecule has 0 aliphatic heterocycles. The van der Waals surface area contributed by atoms with E-state index in [0.717, 1.165) is 12.8 Å². The summed E-state index contributed by atoms with van der Waals surface area (Å²) in [5.41, 5.74) is 3.38. The summed E-state index contributed by atoms with van der Waals surface area (Å²) in [6.45, 7) is 0.657. The van der Waals surface area contributed by atoms with Gasteiger partial charge in [-0.25, -0.2) is 0 Å². The van der Waals surface area contributed by atoms with E-state index in [4.69, 9.17) is 0 Å². The number of hydrogen-bond acceptors (Lipinski definition) is 3. The fourth-order valence-corrected chi connectivity index (χ4v) is 4.09. The molecule has 0 fully saturated rings. The highest BCUT2D eigenvalue weighted by Crippen LogP contribution is 2.28. The Hall–Kier alpha value is -2.40. The number of fused-ring (bicyclic) bond motifs is 1. The van der Waals surface area contributed by atoms with E-state index in [-0.39, 0.29) is 11.9 Å². The minimum atomic E-state index is 0.0642. The van der Waals surface area contributed by atoms with Crippen molar-refractivity contribution in [3.63, 3.8) is 0 Å². The molecule has 5 heteroatoms. The molecular formula is C19H19N3OS. The van der Waals surface area contributed by atoms with E-state index in [0.29, 0.717) is 12.1 Å². The average Bonchev–Trinajstić information content (AvgIpc) is 3.32.